The maximum Gasteiger partial charge on any atom is 0.269 e. The first kappa shape index (κ1) is 10.5. The molecule has 0 atom stereocenters. The van der Waals surface area contributed by atoms with Crippen LogP contribution >= 0.6 is 15.9 Å². The lowest BCUT2D eigenvalue weighted by atomic mass is 10.4. The van der Waals surface area contributed by atoms with Gasteiger partial charge in [0.1, 0.15) is 0 Å². The molecule has 8 nitrogen and oxygen atoms in total. The van der Waals surface area contributed by atoms with Gasteiger partial charge >= 0.3 is 0 Å². The van der Waals surface area contributed by atoms with E-state index in [9.17, 15) is 4.79 Å². The number of anilines is 1. The summed E-state index contributed by atoms with van der Waals surface area (Å²) in [6.07, 6.45) is 0. The van der Waals surface area contributed by atoms with E-state index >= 15 is 0 Å². The minimum atomic E-state index is -0.642. The van der Waals surface area contributed by atoms with Gasteiger partial charge in [-0.2, -0.15) is 9.67 Å². The van der Waals surface area contributed by atoms with Crippen LogP contribution in [0.3, 0.4) is 0 Å². The van der Waals surface area contributed by atoms with Crippen molar-refractivity contribution in [2.45, 2.75) is 0 Å². The van der Waals surface area contributed by atoms with Gasteiger partial charge in [-0.3, -0.25) is 4.79 Å². The first-order chi connectivity index (χ1) is 7.58. The SMILES string of the molecule is NC(=O)c1ccc(-n2nc(N)nc2Br)nn1. The van der Waals surface area contributed by atoms with Crippen LogP contribution in [0.15, 0.2) is 16.9 Å². The normalized spacial score (nSPS) is 10.3. The quantitative estimate of drug-likeness (QED) is 0.765. The summed E-state index contributed by atoms with van der Waals surface area (Å²) in [6.45, 7) is 0. The van der Waals surface area contributed by atoms with Gasteiger partial charge in [0.2, 0.25) is 10.7 Å². The second kappa shape index (κ2) is 3.85. The number of amides is 1. The van der Waals surface area contributed by atoms with Crippen molar-refractivity contribution >= 4 is 27.8 Å². The van der Waals surface area contributed by atoms with Gasteiger partial charge < -0.3 is 11.5 Å². The van der Waals surface area contributed by atoms with Crippen LogP contribution in [0.1, 0.15) is 10.5 Å². The summed E-state index contributed by atoms with van der Waals surface area (Å²) in [6, 6.07) is 2.97. The Morgan fingerprint density at radius 1 is 1.38 bits per heavy atom. The highest BCUT2D eigenvalue weighted by Crippen LogP contribution is 2.12. The number of aromatic nitrogens is 5. The van der Waals surface area contributed by atoms with Gasteiger partial charge in [-0.05, 0) is 28.1 Å². The molecule has 2 aromatic rings. The molecule has 0 spiro atoms. The Morgan fingerprint density at radius 3 is 2.56 bits per heavy atom. The Morgan fingerprint density at radius 2 is 2.12 bits per heavy atom. The first-order valence-electron chi connectivity index (χ1n) is 4.10. The van der Waals surface area contributed by atoms with Crippen molar-refractivity contribution in [2.75, 3.05) is 5.73 Å². The van der Waals surface area contributed by atoms with Gasteiger partial charge in [-0.1, -0.05) is 0 Å². The second-order valence-corrected chi connectivity index (χ2v) is 3.50. The summed E-state index contributed by atoms with van der Waals surface area (Å²) in [7, 11) is 0. The van der Waals surface area contributed by atoms with Crippen LogP contribution in [-0.2, 0) is 0 Å². The maximum absolute atomic E-state index is 10.8. The van der Waals surface area contributed by atoms with Crippen LogP contribution in [0.25, 0.3) is 5.82 Å². The zero-order chi connectivity index (χ0) is 11.7. The number of halogens is 1. The Balaban J connectivity index is 2.42. The Hall–Kier alpha value is -2.03. The summed E-state index contributed by atoms with van der Waals surface area (Å²) in [4.78, 5) is 14.6. The van der Waals surface area contributed by atoms with E-state index in [0.29, 0.717) is 10.6 Å². The van der Waals surface area contributed by atoms with E-state index in [1.807, 2.05) is 0 Å². The Bertz CT molecular complexity index is 534. The highest BCUT2D eigenvalue weighted by Gasteiger charge is 2.09. The molecule has 4 N–H and O–H groups in total. The summed E-state index contributed by atoms with van der Waals surface area (Å²) in [5.41, 5.74) is 10.5. The van der Waals surface area contributed by atoms with Crippen LogP contribution < -0.4 is 11.5 Å². The summed E-state index contributed by atoms with van der Waals surface area (Å²) in [5, 5.41) is 11.3. The molecular weight excluding hydrogens is 278 g/mol. The van der Waals surface area contributed by atoms with E-state index in [4.69, 9.17) is 11.5 Å². The van der Waals surface area contributed by atoms with Crippen LogP contribution in [-0.4, -0.2) is 30.9 Å². The fourth-order valence-electron chi connectivity index (χ4n) is 1.02. The molecule has 0 aliphatic heterocycles. The number of nitrogens with zero attached hydrogens (tertiary/aromatic N) is 5. The number of primary amides is 1. The van der Waals surface area contributed by atoms with Gasteiger partial charge in [0, 0.05) is 0 Å². The molecule has 0 saturated carbocycles. The third-order valence-corrected chi connectivity index (χ3v) is 2.22. The zero-order valence-corrected chi connectivity index (χ0v) is 9.42. The van der Waals surface area contributed by atoms with E-state index in [1.54, 1.807) is 0 Å². The average molecular weight is 284 g/mol. The molecule has 2 rings (SSSR count). The maximum atomic E-state index is 10.8. The zero-order valence-electron chi connectivity index (χ0n) is 7.83. The number of hydrogen-bond donors (Lipinski definition) is 2. The molecule has 0 radical (unpaired) electrons. The molecule has 82 valence electrons. The molecule has 0 fully saturated rings. The minimum absolute atomic E-state index is 0.0768. The lowest BCUT2D eigenvalue weighted by Gasteiger charge is -1.99. The number of carbonyl (C=O) groups excluding carboxylic acids is 1. The standard InChI is InChI=1S/C7H6BrN7O/c8-6-11-7(10)14-15(6)4-2-1-3(5(9)16)12-13-4/h1-2H,(H2,9,16)(H2,10,14). The smallest absolute Gasteiger partial charge is 0.269 e. The highest BCUT2D eigenvalue weighted by atomic mass is 79.9. The molecule has 9 heteroatoms. The summed E-state index contributed by atoms with van der Waals surface area (Å²) >= 11 is 3.15. The van der Waals surface area contributed by atoms with E-state index < -0.39 is 5.91 Å². The van der Waals surface area contributed by atoms with Crippen LogP contribution in [0.4, 0.5) is 5.95 Å². The van der Waals surface area contributed by atoms with Gasteiger partial charge in [-0.25, -0.2) is 0 Å². The van der Waals surface area contributed by atoms with E-state index in [-0.39, 0.29) is 11.6 Å². The Kier molecular flexibility index (Phi) is 2.52. The third kappa shape index (κ3) is 1.84. The van der Waals surface area contributed by atoms with Crippen LogP contribution in [0, 0.1) is 0 Å². The van der Waals surface area contributed by atoms with Crippen molar-refractivity contribution < 1.29 is 4.79 Å². The lowest BCUT2D eigenvalue weighted by Crippen LogP contribution is -2.14. The van der Waals surface area contributed by atoms with Gasteiger partial charge in [0.05, 0.1) is 0 Å². The number of nitrogens with two attached hydrogens (primary N) is 2. The molecule has 16 heavy (non-hydrogen) atoms. The minimum Gasteiger partial charge on any atom is -0.366 e. The molecule has 0 aliphatic carbocycles. The number of hydrogen-bond acceptors (Lipinski definition) is 6. The fraction of sp³-hybridized carbons (Fsp3) is 0. The van der Waals surface area contributed by atoms with Crippen molar-refractivity contribution in [1.29, 1.82) is 0 Å². The monoisotopic (exact) mass is 283 g/mol. The van der Waals surface area contributed by atoms with E-state index in [2.05, 4.69) is 36.2 Å². The average Bonchev–Trinajstić information content (AvgIpc) is 2.58. The third-order valence-electron chi connectivity index (χ3n) is 1.70. The predicted octanol–water partition coefficient (Wildman–Crippen LogP) is -0.499. The van der Waals surface area contributed by atoms with Gasteiger partial charge in [-0.15, -0.1) is 15.3 Å². The van der Waals surface area contributed by atoms with E-state index in [1.165, 1.54) is 16.8 Å². The first-order valence-corrected chi connectivity index (χ1v) is 4.89. The molecule has 2 heterocycles. The van der Waals surface area contributed by atoms with Crippen molar-refractivity contribution in [3.63, 3.8) is 0 Å². The van der Waals surface area contributed by atoms with Crippen molar-refractivity contribution in [1.82, 2.24) is 25.0 Å². The lowest BCUT2D eigenvalue weighted by molar-refractivity contribution is 0.0994. The molecule has 0 bridgehead atoms. The summed E-state index contributed by atoms with van der Waals surface area (Å²) in [5.74, 6) is -0.162. The van der Waals surface area contributed by atoms with Crippen molar-refractivity contribution in [2.24, 2.45) is 5.73 Å². The van der Waals surface area contributed by atoms with Crippen LogP contribution in [0.2, 0.25) is 0 Å². The Labute approximate surface area is 97.8 Å². The molecular formula is C7H6BrN7O. The topological polar surface area (TPSA) is 126 Å². The highest BCUT2D eigenvalue weighted by molar-refractivity contribution is 9.10. The van der Waals surface area contributed by atoms with Crippen LogP contribution in [0.5, 0.6) is 0 Å². The summed E-state index contributed by atoms with van der Waals surface area (Å²) < 4.78 is 1.73. The predicted molar refractivity (Wildman–Crippen MR) is 57.6 cm³/mol. The van der Waals surface area contributed by atoms with Gasteiger partial charge in [0.25, 0.3) is 5.91 Å². The second-order valence-electron chi connectivity index (χ2n) is 2.79. The number of carbonyl (C=O) groups is 1. The fourth-order valence-corrected chi connectivity index (χ4v) is 1.47. The molecule has 2 aromatic heterocycles. The molecule has 1 amide bonds. The largest absolute Gasteiger partial charge is 0.366 e. The van der Waals surface area contributed by atoms with Crippen molar-refractivity contribution in [3.05, 3.63) is 22.6 Å². The molecule has 0 saturated heterocycles. The number of nitrogen functional groups attached to an aromatic ring is 1. The van der Waals surface area contributed by atoms with E-state index in [0.717, 1.165) is 0 Å². The molecule has 0 aromatic carbocycles. The molecule has 0 unspecified atom stereocenters. The molecule has 0 aliphatic rings. The van der Waals surface area contributed by atoms with Crippen molar-refractivity contribution in [3.8, 4) is 5.82 Å². The number of rotatable bonds is 2. The van der Waals surface area contributed by atoms with Gasteiger partial charge in [0.15, 0.2) is 11.5 Å².